The van der Waals surface area contributed by atoms with Gasteiger partial charge in [-0.3, -0.25) is 4.99 Å². The monoisotopic (exact) mass is 509 g/mol. The van der Waals surface area contributed by atoms with Crippen molar-refractivity contribution in [2.24, 2.45) is 4.99 Å². The largest absolute Gasteiger partial charge is 0.382 e. The van der Waals surface area contributed by atoms with Crippen molar-refractivity contribution in [3.05, 3.63) is 34.9 Å². The fraction of sp³-hybridized carbons (Fsp3) is 0.650. The highest BCUT2D eigenvalue weighted by molar-refractivity contribution is 14.0. The summed E-state index contributed by atoms with van der Waals surface area (Å²) < 4.78 is 11.0. The molecule has 1 heterocycles. The Morgan fingerprint density at radius 3 is 2.70 bits per heavy atom. The number of ether oxygens (including phenoxy) is 2. The molecule has 1 aliphatic heterocycles. The van der Waals surface area contributed by atoms with Gasteiger partial charge in [0.05, 0.1) is 0 Å². The molecule has 0 unspecified atom stereocenters. The average molecular weight is 510 g/mol. The van der Waals surface area contributed by atoms with Crippen LogP contribution >= 0.6 is 35.6 Å². The maximum Gasteiger partial charge on any atom is 0.191 e. The zero-order chi connectivity index (χ0) is 18.7. The third-order valence-electron chi connectivity index (χ3n) is 4.92. The van der Waals surface area contributed by atoms with Gasteiger partial charge in [-0.25, -0.2) is 0 Å². The lowest BCUT2D eigenvalue weighted by Gasteiger charge is -2.38. The van der Waals surface area contributed by atoms with Gasteiger partial charge in [0.15, 0.2) is 5.96 Å². The molecule has 0 spiro atoms. The summed E-state index contributed by atoms with van der Waals surface area (Å²) in [4.78, 5) is 4.35. The van der Waals surface area contributed by atoms with Crippen molar-refractivity contribution in [1.82, 2.24) is 10.6 Å². The van der Waals surface area contributed by atoms with E-state index in [0.717, 1.165) is 76.2 Å². The van der Waals surface area contributed by atoms with Gasteiger partial charge < -0.3 is 20.1 Å². The van der Waals surface area contributed by atoms with Crippen molar-refractivity contribution in [1.29, 1.82) is 0 Å². The molecule has 2 rings (SSSR count). The SMILES string of the molecule is CCOCCCCNC(=NC)NCC1(c2cccc(Cl)c2)CCOCC1.I. The Morgan fingerprint density at radius 2 is 2.04 bits per heavy atom. The zero-order valence-corrected chi connectivity index (χ0v) is 19.5. The number of benzene rings is 1. The number of hydrogen-bond donors (Lipinski definition) is 2. The topological polar surface area (TPSA) is 54.9 Å². The summed E-state index contributed by atoms with van der Waals surface area (Å²) in [5.41, 5.74) is 1.29. The van der Waals surface area contributed by atoms with E-state index >= 15 is 0 Å². The van der Waals surface area contributed by atoms with Gasteiger partial charge >= 0.3 is 0 Å². The highest BCUT2D eigenvalue weighted by Crippen LogP contribution is 2.35. The van der Waals surface area contributed by atoms with Crippen LogP contribution in [0.25, 0.3) is 0 Å². The van der Waals surface area contributed by atoms with Crippen LogP contribution in [0.1, 0.15) is 38.2 Å². The Morgan fingerprint density at radius 1 is 1.26 bits per heavy atom. The van der Waals surface area contributed by atoms with E-state index in [2.05, 4.69) is 27.8 Å². The highest BCUT2D eigenvalue weighted by Gasteiger charge is 2.34. The molecule has 1 aliphatic rings. The predicted molar refractivity (Wildman–Crippen MR) is 124 cm³/mol. The summed E-state index contributed by atoms with van der Waals surface area (Å²) in [6.45, 7) is 6.88. The number of hydrogen-bond acceptors (Lipinski definition) is 3. The van der Waals surface area contributed by atoms with Gasteiger partial charge in [-0.2, -0.15) is 0 Å². The fourth-order valence-corrected chi connectivity index (χ4v) is 3.49. The minimum atomic E-state index is 0. The summed E-state index contributed by atoms with van der Waals surface area (Å²) in [5.74, 6) is 0.842. The molecule has 1 aromatic rings. The molecule has 7 heteroatoms. The van der Waals surface area contributed by atoms with E-state index in [9.17, 15) is 0 Å². The normalized spacial score (nSPS) is 16.5. The lowest BCUT2D eigenvalue weighted by molar-refractivity contribution is 0.0514. The number of rotatable bonds is 9. The maximum atomic E-state index is 6.24. The third kappa shape index (κ3) is 8.13. The van der Waals surface area contributed by atoms with Crippen LogP contribution in [-0.2, 0) is 14.9 Å². The van der Waals surface area contributed by atoms with Crippen LogP contribution < -0.4 is 10.6 Å². The molecule has 0 amide bonds. The number of guanidine groups is 1. The molecule has 5 nitrogen and oxygen atoms in total. The van der Waals surface area contributed by atoms with E-state index in [0.29, 0.717) is 0 Å². The quantitative estimate of drug-likeness (QED) is 0.229. The highest BCUT2D eigenvalue weighted by atomic mass is 127. The van der Waals surface area contributed by atoms with Crippen LogP contribution in [0.5, 0.6) is 0 Å². The Kier molecular flexibility index (Phi) is 12.3. The third-order valence-corrected chi connectivity index (χ3v) is 5.15. The van der Waals surface area contributed by atoms with Crippen molar-refractivity contribution in [2.45, 2.75) is 38.0 Å². The first-order chi connectivity index (χ1) is 12.7. The van der Waals surface area contributed by atoms with Gasteiger partial charge in [-0.05, 0) is 50.3 Å². The Hall–Kier alpha value is -0.570. The van der Waals surface area contributed by atoms with Crippen LogP contribution in [0.2, 0.25) is 5.02 Å². The summed E-state index contributed by atoms with van der Waals surface area (Å²) in [7, 11) is 1.81. The maximum absolute atomic E-state index is 6.24. The molecular weight excluding hydrogens is 477 g/mol. The molecular formula is C20H33ClIN3O2. The van der Waals surface area contributed by atoms with Gasteiger partial charge in [0.1, 0.15) is 0 Å². The summed E-state index contributed by atoms with van der Waals surface area (Å²) >= 11 is 6.24. The molecule has 0 bridgehead atoms. The lowest BCUT2D eigenvalue weighted by atomic mass is 9.74. The molecule has 1 aromatic carbocycles. The second kappa shape index (κ2) is 13.6. The minimum absolute atomic E-state index is 0. The van der Waals surface area contributed by atoms with E-state index in [1.807, 2.05) is 26.1 Å². The number of aliphatic imine (C=N–C) groups is 1. The summed E-state index contributed by atoms with van der Waals surface area (Å²) in [6.07, 6.45) is 4.08. The van der Waals surface area contributed by atoms with Crippen molar-refractivity contribution in [3.8, 4) is 0 Å². The number of nitrogens with one attached hydrogen (secondary N) is 2. The molecule has 0 aliphatic carbocycles. The van der Waals surface area contributed by atoms with Gasteiger partial charge in [0.25, 0.3) is 0 Å². The van der Waals surface area contributed by atoms with Crippen LogP contribution in [-0.4, -0.2) is 52.5 Å². The Balaban J connectivity index is 0.00000364. The zero-order valence-electron chi connectivity index (χ0n) is 16.4. The van der Waals surface area contributed by atoms with Gasteiger partial charge in [-0.15, -0.1) is 24.0 Å². The lowest BCUT2D eigenvalue weighted by Crippen LogP contribution is -2.48. The molecule has 1 saturated heterocycles. The minimum Gasteiger partial charge on any atom is -0.382 e. The van der Waals surface area contributed by atoms with E-state index in [1.54, 1.807) is 0 Å². The molecule has 0 radical (unpaired) electrons. The van der Waals surface area contributed by atoms with Crippen molar-refractivity contribution < 1.29 is 9.47 Å². The summed E-state index contributed by atoms with van der Waals surface area (Å²) in [6, 6.07) is 8.20. The molecule has 154 valence electrons. The van der Waals surface area contributed by atoms with Crippen LogP contribution in [0, 0.1) is 0 Å². The first kappa shape index (κ1) is 24.5. The smallest absolute Gasteiger partial charge is 0.191 e. The van der Waals surface area contributed by atoms with E-state index in [-0.39, 0.29) is 29.4 Å². The van der Waals surface area contributed by atoms with Gasteiger partial charge in [0.2, 0.25) is 0 Å². The molecule has 2 N–H and O–H groups in total. The first-order valence-electron chi connectivity index (χ1n) is 9.56. The Labute approximate surface area is 185 Å². The fourth-order valence-electron chi connectivity index (χ4n) is 3.30. The van der Waals surface area contributed by atoms with Crippen LogP contribution in [0.15, 0.2) is 29.3 Å². The van der Waals surface area contributed by atoms with E-state index in [1.165, 1.54) is 5.56 Å². The summed E-state index contributed by atoms with van der Waals surface area (Å²) in [5, 5.41) is 7.68. The Bertz CT molecular complexity index is 566. The van der Waals surface area contributed by atoms with E-state index in [4.69, 9.17) is 21.1 Å². The standard InChI is InChI=1S/C20H32ClN3O2.HI/c1-3-25-12-5-4-11-23-19(22-2)24-16-20(9-13-26-14-10-20)17-7-6-8-18(21)15-17;/h6-8,15H,3-5,9-14,16H2,1-2H3,(H2,22,23,24);1H. The van der Waals surface area contributed by atoms with Crippen molar-refractivity contribution >= 4 is 41.5 Å². The molecule has 27 heavy (non-hydrogen) atoms. The molecule has 1 fully saturated rings. The molecule has 0 aromatic heterocycles. The number of halogens is 2. The van der Waals surface area contributed by atoms with Crippen molar-refractivity contribution in [3.63, 3.8) is 0 Å². The number of nitrogens with zero attached hydrogens (tertiary/aromatic N) is 1. The second-order valence-corrected chi connectivity index (χ2v) is 7.10. The second-order valence-electron chi connectivity index (χ2n) is 6.66. The predicted octanol–water partition coefficient (Wildman–Crippen LogP) is 3.99. The van der Waals surface area contributed by atoms with Crippen molar-refractivity contribution in [2.75, 3.05) is 46.6 Å². The van der Waals surface area contributed by atoms with Crippen LogP contribution in [0.3, 0.4) is 0 Å². The van der Waals surface area contributed by atoms with Gasteiger partial charge in [-0.1, -0.05) is 23.7 Å². The first-order valence-corrected chi connectivity index (χ1v) is 9.94. The van der Waals surface area contributed by atoms with E-state index < -0.39 is 0 Å². The van der Waals surface area contributed by atoms with Crippen LogP contribution in [0.4, 0.5) is 0 Å². The molecule has 0 atom stereocenters. The van der Waals surface area contributed by atoms with Gasteiger partial charge in [0, 0.05) is 57.0 Å². The average Bonchev–Trinajstić information content (AvgIpc) is 2.67. The number of unbranched alkanes of at least 4 members (excludes halogenated alkanes) is 1. The molecule has 0 saturated carbocycles.